The summed E-state index contributed by atoms with van der Waals surface area (Å²) in [6.45, 7) is 2.31. The van der Waals surface area contributed by atoms with Gasteiger partial charge in [0.1, 0.15) is 17.0 Å². The highest BCUT2D eigenvalue weighted by molar-refractivity contribution is 5.98. The molecule has 0 aliphatic heterocycles. The van der Waals surface area contributed by atoms with Gasteiger partial charge in [-0.1, -0.05) is 18.2 Å². The van der Waals surface area contributed by atoms with Crippen LogP contribution in [0.25, 0.3) is 44.3 Å². The Kier molecular flexibility index (Phi) is 4.95. The molecule has 5 rings (SSSR count). The van der Waals surface area contributed by atoms with E-state index in [1.54, 1.807) is 12.3 Å². The van der Waals surface area contributed by atoms with Gasteiger partial charge in [-0.05, 0) is 48.9 Å². The molecule has 0 aliphatic carbocycles. The van der Waals surface area contributed by atoms with Crippen LogP contribution in [0.2, 0.25) is 0 Å². The Labute approximate surface area is 182 Å². The predicted octanol–water partition coefficient (Wildman–Crippen LogP) is 5.12. The molecule has 0 aliphatic rings. The van der Waals surface area contributed by atoms with E-state index in [1.165, 1.54) is 12.3 Å². The number of para-hydroxylation sites is 1. The van der Waals surface area contributed by atoms with E-state index < -0.39 is 5.82 Å². The van der Waals surface area contributed by atoms with Gasteiger partial charge < -0.3 is 10.3 Å². The summed E-state index contributed by atoms with van der Waals surface area (Å²) in [6, 6.07) is 16.1. The lowest BCUT2D eigenvalue weighted by molar-refractivity contribution is 0.252. The number of imidazole rings is 1. The van der Waals surface area contributed by atoms with Crippen molar-refractivity contribution < 1.29 is 9.18 Å². The molecule has 0 fully saturated rings. The highest BCUT2D eigenvalue weighted by Crippen LogP contribution is 2.34. The van der Waals surface area contributed by atoms with Crippen LogP contribution in [0.15, 0.2) is 67.0 Å². The number of hydrogen-bond acceptors (Lipinski definition) is 4. The fourth-order valence-electron chi connectivity index (χ4n) is 3.65. The maximum absolute atomic E-state index is 14.7. The van der Waals surface area contributed by atoms with Gasteiger partial charge in [0.05, 0.1) is 11.0 Å². The molecule has 158 valence electrons. The van der Waals surface area contributed by atoms with Crippen molar-refractivity contribution >= 4 is 33.9 Å². The third-order valence-corrected chi connectivity index (χ3v) is 5.09. The molecule has 0 atom stereocenters. The minimum Gasteiger partial charge on any atom is -0.338 e. The van der Waals surface area contributed by atoms with Crippen LogP contribution in [0.5, 0.6) is 0 Å². The van der Waals surface area contributed by atoms with Crippen LogP contribution in [-0.4, -0.2) is 32.5 Å². The molecule has 3 aromatic heterocycles. The molecule has 32 heavy (non-hydrogen) atoms. The molecule has 5 aromatic rings. The van der Waals surface area contributed by atoms with Crippen molar-refractivity contribution in [3.05, 3.63) is 72.8 Å². The number of aromatic amines is 1. The van der Waals surface area contributed by atoms with Gasteiger partial charge in [0, 0.05) is 35.5 Å². The number of fused-ring (bicyclic) bond motifs is 2. The first kappa shape index (κ1) is 19.6. The van der Waals surface area contributed by atoms with Crippen LogP contribution < -0.4 is 10.6 Å². The van der Waals surface area contributed by atoms with Gasteiger partial charge in [0.25, 0.3) is 0 Å². The summed E-state index contributed by atoms with van der Waals surface area (Å²) >= 11 is 0. The van der Waals surface area contributed by atoms with Crippen LogP contribution in [0.1, 0.15) is 6.92 Å². The number of halogens is 1. The smallest absolute Gasteiger partial charge is 0.321 e. The van der Waals surface area contributed by atoms with Crippen LogP contribution in [0.3, 0.4) is 0 Å². The summed E-state index contributed by atoms with van der Waals surface area (Å²) in [6.07, 6.45) is 3.32. The number of pyridine rings is 2. The molecule has 0 spiro atoms. The Morgan fingerprint density at radius 1 is 1.06 bits per heavy atom. The minimum absolute atomic E-state index is 0.184. The topological polar surface area (TPSA) is 95.6 Å². The average molecular weight is 426 g/mol. The van der Waals surface area contributed by atoms with E-state index in [0.29, 0.717) is 23.1 Å². The Hall–Kier alpha value is -4.33. The first-order chi connectivity index (χ1) is 15.6. The zero-order valence-electron chi connectivity index (χ0n) is 17.2. The summed E-state index contributed by atoms with van der Waals surface area (Å²) in [5, 5.41) is 6.32. The molecule has 0 unspecified atom stereocenters. The maximum atomic E-state index is 14.7. The van der Waals surface area contributed by atoms with E-state index in [4.69, 9.17) is 0 Å². The molecular weight excluding hydrogens is 407 g/mol. The highest BCUT2D eigenvalue weighted by atomic mass is 19.1. The van der Waals surface area contributed by atoms with Gasteiger partial charge >= 0.3 is 6.03 Å². The molecule has 8 heteroatoms. The number of carbonyl (C=O) groups is 1. The molecule has 3 N–H and O–H groups in total. The first-order valence-electron chi connectivity index (χ1n) is 10.2. The van der Waals surface area contributed by atoms with Crippen molar-refractivity contribution in [1.29, 1.82) is 0 Å². The Morgan fingerprint density at radius 3 is 2.78 bits per heavy atom. The normalized spacial score (nSPS) is 11.1. The largest absolute Gasteiger partial charge is 0.338 e. The van der Waals surface area contributed by atoms with Crippen LogP contribution in [0.4, 0.5) is 15.1 Å². The fraction of sp³-hybridized carbons (Fsp3) is 0.0833. The van der Waals surface area contributed by atoms with Gasteiger partial charge in [-0.25, -0.2) is 14.2 Å². The lowest BCUT2D eigenvalue weighted by atomic mass is 9.99. The molecular formula is C24H19FN6O. The molecule has 3 heterocycles. The summed E-state index contributed by atoms with van der Waals surface area (Å²) in [4.78, 5) is 28.3. The Balaban J connectivity index is 1.70. The Morgan fingerprint density at radius 2 is 1.94 bits per heavy atom. The Bertz CT molecular complexity index is 1460. The lowest BCUT2D eigenvalue weighted by Gasteiger charge is -2.08. The highest BCUT2D eigenvalue weighted by Gasteiger charge is 2.17. The molecule has 0 bridgehead atoms. The second-order valence-corrected chi connectivity index (χ2v) is 7.24. The zero-order valence-corrected chi connectivity index (χ0v) is 17.2. The maximum Gasteiger partial charge on any atom is 0.321 e. The zero-order chi connectivity index (χ0) is 22.1. The monoisotopic (exact) mass is 426 g/mol. The van der Waals surface area contributed by atoms with Crippen LogP contribution in [-0.2, 0) is 0 Å². The van der Waals surface area contributed by atoms with E-state index in [9.17, 15) is 9.18 Å². The molecule has 0 saturated heterocycles. The van der Waals surface area contributed by atoms with E-state index >= 15 is 0 Å². The number of carbonyl (C=O) groups excluding carboxylic acids is 1. The number of nitrogens with zero attached hydrogens (tertiary/aromatic N) is 3. The van der Waals surface area contributed by atoms with Crippen molar-refractivity contribution in [2.24, 2.45) is 0 Å². The molecule has 0 saturated carbocycles. The van der Waals surface area contributed by atoms with Crippen LogP contribution >= 0.6 is 0 Å². The average Bonchev–Trinajstić information content (AvgIpc) is 3.21. The number of anilines is 1. The van der Waals surface area contributed by atoms with Crippen molar-refractivity contribution in [1.82, 2.24) is 25.3 Å². The number of H-pyrrole nitrogens is 1. The third-order valence-electron chi connectivity index (χ3n) is 5.09. The predicted molar refractivity (Wildman–Crippen MR) is 123 cm³/mol. The number of hydrogen-bond donors (Lipinski definition) is 3. The van der Waals surface area contributed by atoms with Gasteiger partial charge in [-0.3, -0.25) is 15.3 Å². The standard InChI is InChI=1S/C24H19FN6O/c1-2-26-24(32)31-23-29-20-12-15(16-10-14-6-3-4-8-19(14)28-13-16)11-17(22(20)30-23)21-18(25)7-5-9-27-21/h3-13H,2H2,1H3,(H3,26,29,30,31,32). The van der Waals surface area contributed by atoms with Crippen molar-refractivity contribution in [2.45, 2.75) is 6.92 Å². The van der Waals surface area contributed by atoms with E-state index in [-0.39, 0.29) is 17.7 Å². The van der Waals surface area contributed by atoms with Gasteiger partial charge in [0.2, 0.25) is 5.95 Å². The van der Waals surface area contributed by atoms with Gasteiger partial charge in [0.15, 0.2) is 0 Å². The summed E-state index contributed by atoms with van der Waals surface area (Å²) in [5.41, 5.74) is 4.44. The van der Waals surface area contributed by atoms with Crippen molar-refractivity contribution in [3.63, 3.8) is 0 Å². The molecule has 2 aromatic carbocycles. The molecule has 7 nitrogen and oxygen atoms in total. The number of urea groups is 1. The van der Waals surface area contributed by atoms with E-state index in [2.05, 4.69) is 30.6 Å². The van der Waals surface area contributed by atoms with Crippen molar-refractivity contribution in [3.8, 4) is 22.4 Å². The number of benzene rings is 2. The summed E-state index contributed by atoms with van der Waals surface area (Å²) in [5.74, 6) is -0.193. The number of aromatic nitrogens is 4. The van der Waals surface area contributed by atoms with Crippen LogP contribution in [0, 0.1) is 5.82 Å². The number of rotatable bonds is 4. The number of nitrogens with one attached hydrogen (secondary N) is 3. The summed E-state index contributed by atoms with van der Waals surface area (Å²) in [7, 11) is 0. The third kappa shape index (κ3) is 3.62. The molecule has 2 amide bonds. The quantitative estimate of drug-likeness (QED) is 0.372. The second kappa shape index (κ2) is 8.07. The number of amides is 2. The fourth-order valence-corrected chi connectivity index (χ4v) is 3.65. The van der Waals surface area contributed by atoms with E-state index in [0.717, 1.165) is 22.0 Å². The molecule has 0 radical (unpaired) electrons. The van der Waals surface area contributed by atoms with Crippen molar-refractivity contribution in [2.75, 3.05) is 11.9 Å². The van der Waals surface area contributed by atoms with Gasteiger partial charge in [-0.15, -0.1) is 0 Å². The minimum atomic E-state index is -0.455. The summed E-state index contributed by atoms with van der Waals surface area (Å²) < 4.78 is 14.7. The van der Waals surface area contributed by atoms with E-state index in [1.807, 2.05) is 49.4 Å². The first-order valence-corrected chi connectivity index (χ1v) is 10.2. The van der Waals surface area contributed by atoms with Gasteiger partial charge in [-0.2, -0.15) is 0 Å². The lowest BCUT2D eigenvalue weighted by Crippen LogP contribution is -2.28. The SMILES string of the molecule is CCNC(=O)Nc1nc2c(-c3ncccc3F)cc(-c3cnc4ccccc4c3)cc2[nH]1. The second-order valence-electron chi connectivity index (χ2n) is 7.24.